The molecule has 0 N–H and O–H groups in total. The molecule has 0 saturated heterocycles. The second-order valence-electron chi connectivity index (χ2n) is 7.40. The molecule has 0 unspecified atom stereocenters. The molecule has 0 aliphatic rings. The molecule has 3 aromatic carbocycles. The number of furan rings is 1. The van der Waals surface area contributed by atoms with Gasteiger partial charge in [-0.05, 0) is 29.7 Å². The zero-order chi connectivity index (χ0) is 20.8. The number of aromatic nitrogens is 1. The van der Waals surface area contributed by atoms with Gasteiger partial charge in [-0.1, -0.05) is 54.6 Å². The minimum Gasteiger partial charge on any atom is -0.466 e. The van der Waals surface area contributed by atoms with E-state index in [-0.39, 0.29) is 5.82 Å². The lowest BCUT2D eigenvalue weighted by Gasteiger charge is -2.05. The molecule has 2 heterocycles. The molecule has 0 bridgehead atoms. The van der Waals surface area contributed by atoms with E-state index in [0.29, 0.717) is 16.9 Å². The van der Waals surface area contributed by atoms with E-state index in [2.05, 4.69) is 4.85 Å². The van der Waals surface area contributed by atoms with Crippen LogP contribution < -0.4 is 4.57 Å². The Kier molecular flexibility index (Phi) is 4.11. The Bertz CT molecular complexity index is 1480. The summed E-state index contributed by atoms with van der Waals surface area (Å²) in [5.74, 6) is -0.293. The largest absolute Gasteiger partial charge is 0.466 e. The maximum atomic E-state index is 13.7. The second-order valence-corrected chi connectivity index (χ2v) is 7.40. The van der Waals surface area contributed by atoms with Crippen LogP contribution in [0.2, 0.25) is 0 Å². The van der Waals surface area contributed by atoms with E-state index in [1.807, 2.05) is 68.6 Å². The number of halogens is 1. The molecule has 0 saturated carbocycles. The SMILES string of the molecule is [C-]#[N+]c1c(-c2ccccc2)ccc2c1oc1c(-c3ccc(F)c[n+]3C)c(C)ccc12. The van der Waals surface area contributed by atoms with Gasteiger partial charge in [0, 0.05) is 16.8 Å². The monoisotopic (exact) mass is 393 g/mol. The first-order valence-corrected chi connectivity index (χ1v) is 9.65. The van der Waals surface area contributed by atoms with Crippen LogP contribution in [-0.4, -0.2) is 0 Å². The highest BCUT2D eigenvalue weighted by Gasteiger charge is 2.23. The van der Waals surface area contributed by atoms with Gasteiger partial charge in [0.1, 0.15) is 18.2 Å². The highest BCUT2D eigenvalue weighted by atomic mass is 19.1. The van der Waals surface area contributed by atoms with Crippen LogP contribution >= 0.6 is 0 Å². The molecule has 0 atom stereocenters. The Morgan fingerprint density at radius 1 is 0.900 bits per heavy atom. The topological polar surface area (TPSA) is 21.4 Å². The number of aryl methyl sites for hydroxylation is 2. The van der Waals surface area contributed by atoms with Crippen LogP contribution in [0.15, 0.2) is 77.3 Å². The summed E-state index contributed by atoms with van der Waals surface area (Å²) in [6.07, 6.45) is 1.45. The van der Waals surface area contributed by atoms with Gasteiger partial charge in [-0.15, -0.1) is 0 Å². The Labute approximate surface area is 173 Å². The van der Waals surface area contributed by atoms with Crippen LogP contribution in [0.1, 0.15) is 5.56 Å². The van der Waals surface area contributed by atoms with Crippen molar-refractivity contribution in [3.63, 3.8) is 0 Å². The summed E-state index contributed by atoms with van der Waals surface area (Å²) in [6.45, 7) is 9.84. The van der Waals surface area contributed by atoms with Crippen molar-refractivity contribution in [1.82, 2.24) is 0 Å². The van der Waals surface area contributed by atoms with Crippen molar-refractivity contribution in [2.24, 2.45) is 7.05 Å². The van der Waals surface area contributed by atoms with E-state index in [1.54, 1.807) is 10.6 Å². The molecule has 0 radical (unpaired) electrons. The lowest BCUT2D eigenvalue weighted by Crippen LogP contribution is -2.31. The van der Waals surface area contributed by atoms with Crippen molar-refractivity contribution in [3.05, 3.63) is 95.7 Å². The van der Waals surface area contributed by atoms with Crippen molar-refractivity contribution >= 4 is 27.6 Å². The first kappa shape index (κ1) is 18.1. The van der Waals surface area contributed by atoms with Crippen LogP contribution in [0.5, 0.6) is 0 Å². The fourth-order valence-electron chi connectivity index (χ4n) is 4.10. The number of benzene rings is 3. The van der Waals surface area contributed by atoms with Crippen LogP contribution in [0.3, 0.4) is 0 Å². The average molecular weight is 393 g/mol. The van der Waals surface area contributed by atoms with E-state index in [1.165, 1.54) is 12.3 Å². The van der Waals surface area contributed by atoms with E-state index in [4.69, 9.17) is 11.0 Å². The predicted octanol–water partition coefficient (Wildman–Crippen LogP) is 6.74. The number of nitrogens with zero attached hydrogens (tertiary/aromatic N) is 2. The van der Waals surface area contributed by atoms with Gasteiger partial charge in [-0.3, -0.25) is 0 Å². The highest BCUT2D eigenvalue weighted by Crippen LogP contribution is 2.44. The third-order valence-corrected chi connectivity index (χ3v) is 5.54. The van der Waals surface area contributed by atoms with E-state index in [0.717, 1.165) is 38.7 Å². The van der Waals surface area contributed by atoms with Gasteiger partial charge < -0.3 is 4.42 Å². The maximum absolute atomic E-state index is 13.7. The van der Waals surface area contributed by atoms with Crippen LogP contribution in [0.4, 0.5) is 10.1 Å². The molecule has 0 aliphatic heterocycles. The Morgan fingerprint density at radius 2 is 1.63 bits per heavy atom. The quantitative estimate of drug-likeness (QED) is 0.240. The van der Waals surface area contributed by atoms with Gasteiger partial charge in [-0.25, -0.2) is 9.24 Å². The molecular formula is C26H18FN2O+. The van der Waals surface area contributed by atoms with E-state index >= 15 is 0 Å². The van der Waals surface area contributed by atoms with E-state index < -0.39 is 0 Å². The van der Waals surface area contributed by atoms with Crippen molar-refractivity contribution in [3.8, 4) is 22.4 Å². The van der Waals surface area contributed by atoms with Crippen LogP contribution in [0.25, 0.3) is 49.2 Å². The van der Waals surface area contributed by atoms with Crippen molar-refractivity contribution in [1.29, 1.82) is 0 Å². The fraction of sp³-hybridized carbons (Fsp3) is 0.0769. The number of pyridine rings is 1. The molecule has 5 rings (SSSR count). The lowest BCUT2D eigenvalue weighted by atomic mass is 9.98. The van der Waals surface area contributed by atoms with Gasteiger partial charge in [0.2, 0.25) is 17.6 Å². The molecule has 0 spiro atoms. The molecule has 3 nitrogen and oxygen atoms in total. The molecule has 0 aliphatic carbocycles. The summed E-state index contributed by atoms with van der Waals surface area (Å²) in [7, 11) is 1.82. The summed E-state index contributed by atoms with van der Waals surface area (Å²) in [5.41, 5.74) is 6.41. The number of fused-ring (bicyclic) bond motifs is 3. The van der Waals surface area contributed by atoms with E-state index in [9.17, 15) is 4.39 Å². The van der Waals surface area contributed by atoms with Crippen molar-refractivity contribution in [2.75, 3.05) is 0 Å². The first-order valence-electron chi connectivity index (χ1n) is 9.65. The molecule has 4 heteroatoms. The normalized spacial score (nSPS) is 11.1. The predicted molar refractivity (Wildman–Crippen MR) is 117 cm³/mol. The molecular weight excluding hydrogens is 375 g/mol. The molecule has 30 heavy (non-hydrogen) atoms. The zero-order valence-electron chi connectivity index (χ0n) is 16.6. The summed E-state index contributed by atoms with van der Waals surface area (Å²) >= 11 is 0. The molecule has 5 aromatic rings. The van der Waals surface area contributed by atoms with Crippen LogP contribution in [-0.2, 0) is 7.05 Å². The highest BCUT2D eigenvalue weighted by molar-refractivity contribution is 6.14. The molecule has 2 aromatic heterocycles. The van der Waals surface area contributed by atoms with Gasteiger partial charge in [-0.2, -0.15) is 4.57 Å². The number of hydrogen-bond donors (Lipinski definition) is 0. The summed E-state index contributed by atoms with van der Waals surface area (Å²) in [5, 5.41) is 1.85. The van der Waals surface area contributed by atoms with Gasteiger partial charge in [0.25, 0.3) is 0 Å². The van der Waals surface area contributed by atoms with Gasteiger partial charge in [0.05, 0.1) is 12.1 Å². The number of rotatable bonds is 2. The minimum atomic E-state index is -0.293. The van der Waals surface area contributed by atoms with Gasteiger partial charge in [0.15, 0.2) is 5.82 Å². The average Bonchev–Trinajstić information content (AvgIpc) is 3.13. The minimum absolute atomic E-state index is 0.293. The third-order valence-electron chi connectivity index (χ3n) is 5.54. The summed E-state index contributed by atoms with van der Waals surface area (Å²) in [6, 6.07) is 21.1. The standard InChI is InChI=1S/C26H18FN2O/c1-16-9-11-20-21-13-12-19(17-7-5-4-6-8-17)24(28-2)26(21)30-25(20)23(16)22-14-10-18(27)15-29(22)3/h4-15H,1,3H3/q+1. The summed E-state index contributed by atoms with van der Waals surface area (Å²) < 4.78 is 21.8. The molecule has 0 amide bonds. The third kappa shape index (κ3) is 2.67. The van der Waals surface area contributed by atoms with Crippen molar-refractivity contribution in [2.45, 2.75) is 6.92 Å². The Morgan fingerprint density at radius 3 is 2.37 bits per heavy atom. The smallest absolute Gasteiger partial charge is 0.237 e. The fourth-order valence-corrected chi connectivity index (χ4v) is 4.10. The molecule has 0 fully saturated rings. The number of hydrogen-bond acceptors (Lipinski definition) is 1. The van der Waals surface area contributed by atoms with Crippen LogP contribution in [0, 0.1) is 19.3 Å². The second kappa shape index (κ2) is 6.82. The maximum Gasteiger partial charge on any atom is 0.237 e. The summed E-state index contributed by atoms with van der Waals surface area (Å²) in [4.78, 5) is 3.83. The van der Waals surface area contributed by atoms with Gasteiger partial charge >= 0.3 is 0 Å². The lowest BCUT2D eigenvalue weighted by molar-refractivity contribution is -0.661. The zero-order valence-corrected chi connectivity index (χ0v) is 16.6. The molecule has 144 valence electrons. The Balaban J connectivity index is 1.87. The first-order chi connectivity index (χ1) is 14.6. The van der Waals surface area contributed by atoms with Crippen molar-refractivity contribution < 1.29 is 13.4 Å². The Hall–Kier alpha value is -3.97.